The Morgan fingerprint density at radius 2 is 1.85 bits per heavy atom. The Kier molecular flexibility index (Phi) is 9.61. The van der Waals surface area contributed by atoms with Crippen LogP contribution in [-0.4, -0.2) is 38.6 Å². The molecule has 10 heteroatoms. The van der Waals surface area contributed by atoms with E-state index in [9.17, 15) is 18.0 Å². The molecule has 0 radical (unpaired) electrons. The Bertz CT molecular complexity index is 738. The predicted molar refractivity (Wildman–Crippen MR) is 106 cm³/mol. The van der Waals surface area contributed by atoms with E-state index < -0.39 is 22.0 Å². The van der Waals surface area contributed by atoms with E-state index in [1.54, 1.807) is 32.0 Å². The fourth-order valence-corrected chi connectivity index (χ4v) is 2.60. The number of sulfonamides is 1. The molecule has 0 aliphatic heterocycles. The standard InChI is InChI=1S/C16H26N4O4S.ClH/c1-5-25(23,24)20-13-7-6-12(8-11(13)4)19-14(21)9-18-16(22)15(17)10(2)3;/h6-8,10,15,20H,5,9,17H2,1-4H3,(H,18,22)(H,19,21);1H/t15-;/m0./s1. The normalized spacial score (nSPS) is 12.1. The Morgan fingerprint density at radius 3 is 2.35 bits per heavy atom. The summed E-state index contributed by atoms with van der Waals surface area (Å²) < 4.78 is 25.7. The number of anilines is 2. The van der Waals surface area contributed by atoms with Crippen molar-refractivity contribution in [3.05, 3.63) is 23.8 Å². The van der Waals surface area contributed by atoms with Crippen molar-refractivity contribution in [2.24, 2.45) is 11.7 Å². The molecule has 0 saturated carbocycles. The van der Waals surface area contributed by atoms with E-state index in [2.05, 4.69) is 15.4 Å². The first-order valence-electron chi connectivity index (χ1n) is 8.00. The Labute approximate surface area is 160 Å². The predicted octanol–water partition coefficient (Wildman–Crippen LogP) is 1.22. The van der Waals surface area contributed by atoms with Gasteiger partial charge < -0.3 is 16.4 Å². The molecule has 0 fully saturated rings. The highest BCUT2D eigenvalue weighted by atomic mass is 35.5. The molecule has 1 aromatic carbocycles. The molecule has 8 nitrogen and oxygen atoms in total. The maximum Gasteiger partial charge on any atom is 0.243 e. The maximum absolute atomic E-state index is 11.9. The Balaban J connectivity index is 0.00000625. The Morgan fingerprint density at radius 1 is 1.23 bits per heavy atom. The van der Waals surface area contributed by atoms with Crippen LogP contribution in [0, 0.1) is 12.8 Å². The smallest absolute Gasteiger partial charge is 0.243 e. The van der Waals surface area contributed by atoms with Crippen LogP contribution < -0.4 is 21.1 Å². The van der Waals surface area contributed by atoms with Gasteiger partial charge in [-0.1, -0.05) is 13.8 Å². The number of aryl methyl sites for hydroxylation is 1. The molecule has 0 bridgehead atoms. The molecule has 0 aliphatic rings. The van der Waals surface area contributed by atoms with Crippen LogP contribution in [0.5, 0.6) is 0 Å². The first-order valence-corrected chi connectivity index (χ1v) is 9.65. The number of rotatable bonds is 8. The van der Waals surface area contributed by atoms with Crippen molar-refractivity contribution in [3.63, 3.8) is 0 Å². The minimum absolute atomic E-state index is 0. The van der Waals surface area contributed by atoms with Gasteiger partial charge in [-0.2, -0.15) is 0 Å². The third-order valence-electron chi connectivity index (χ3n) is 3.60. The second kappa shape index (κ2) is 10.3. The van der Waals surface area contributed by atoms with Crippen molar-refractivity contribution in [2.45, 2.75) is 33.7 Å². The molecule has 1 rings (SSSR count). The fraction of sp³-hybridized carbons (Fsp3) is 0.500. The third-order valence-corrected chi connectivity index (χ3v) is 4.89. The van der Waals surface area contributed by atoms with Crippen molar-refractivity contribution in [3.8, 4) is 0 Å². The van der Waals surface area contributed by atoms with Crippen LogP contribution in [0.25, 0.3) is 0 Å². The molecule has 0 aliphatic carbocycles. The van der Waals surface area contributed by atoms with Crippen LogP contribution in [-0.2, 0) is 19.6 Å². The van der Waals surface area contributed by atoms with Gasteiger partial charge in [0.05, 0.1) is 24.0 Å². The van der Waals surface area contributed by atoms with E-state index in [-0.39, 0.29) is 36.5 Å². The zero-order chi connectivity index (χ0) is 19.2. The molecule has 1 atom stereocenters. The van der Waals surface area contributed by atoms with E-state index in [1.165, 1.54) is 0 Å². The molecule has 148 valence electrons. The van der Waals surface area contributed by atoms with Gasteiger partial charge in [-0.05, 0) is 43.5 Å². The zero-order valence-electron chi connectivity index (χ0n) is 15.3. The summed E-state index contributed by atoms with van der Waals surface area (Å²) in [5, 5.41) is 5.12. The molecular formula is C16H27ClN4O4S. The minimum atomic E-state index is -3.36. The first-order chi connectivity index (χ1) is 11.6. The third kappa shape index (κ3) is 7.59. The summed E-state index contributed by atoms with van der Waals surface area (Å²) >= 11 is 0. The van der Waals surface area contributed by atoms with Crippen LogP contribution in [0.3, 0.4) is 0 Å². The Hall–Kier alpha value is -1.84. The lowest BCUT2D eigenvalue weighted by molar-refractivity contribution is -0.125. The van der Waals surface area contributed by atoms with Gasteiger partial charge in [-0.25, -0.2) is 8.42 Å². The van der Waals surface area contributed by atoms with Gasteiger partial charge in [0.1, 0.15) is 0 Å². The molecule has 0 saturated heterocycles. The largest absolute Gasteiger partial charge is 0.346 e. The average Bonchev–Trinajstić information content (AvgIpc) is 2.54. The highest BCUT2D eigenvalue weighted by Crippen LogP contribution is 2.20. The number of hydrogen-bond acceptors (Lipinski definition) is 5. The lowest BCUT2D eigenvalue weighted by Gasteiger charge is -2.15. The highest BCUT2D eigenvalue weighted by molar-refractivity contribution is 7.92. The number of amides is 2. The average molecular weight is 407 g/mol. The number of nitrogens with two attached hydrogens (primary N) is 1. The van der Waals surface area contributed by atoms with Crippen LogP contribution in [0.4, 0.5) is 11.4 Å². The summed E-state index contributed by atoms with van der Waals surface area (Å²) in [6.07, 6.45) is 0. The quantitative estimate of drug-likeness (QED) is 0.515. The molecule has 26 heavy (non-hydrogen) atoms. The first kappa shape index (κ1) is 24.2. The number of nitrogens with one attached hydrogen (secondary N) is 3. The van der Waals surface area contributed by atoms with Crippen LogP contribution in [0.1, 0.15) is 26.3 Å². The highest BCUT2D eigenvalue weighted by Gasteiger charge is 2.17. The molecule has 0 aromatic heterocycles. The summed E-state index contributed by atoms with van der Waals surface area (Å²) in [6.45, 7) is 6.73. The summed E-state index contributed by atoms with van der Waals surface area (Å²) in [4.78, 5) is 23.6. The second-order valence-corrected chi connectivity index (χ2v) is 8.08. The van der Waals surface area contributed by atoms with E-state index >= 15 is 0 Å². The van der Waals surface area contributed by atoms with E-state index in [4.69, 9.17) is 5.73 Å². The minimum Gasteiger partial charge on any atom is -0.346 e. The lowest BCUT2D eigenvalue weighted by Crippen LogP contribution is -2.46. The van der Waals surface area contributed by atoms with Gasteiger partial charge in [-0.15, -0.1) is 12.4 Å². The second-order valence-electron chi connectivity index (χ2n) is 6.07. The summed E-state index contributed by atoms with van der Waals surface area (Å²) in [6, 6.07) is 4.14. The number of carbonyl (C=O) groups excluding carboxylic acids is 2. The number of halogens is 1. The molecule has 1 aromatic rings. The van der Waals surface area contributed by atoms with Crippen molar-refractivity contribution < 1.29 is 18.0 Å². The zero-order valence-corrected chi connectivity index (χ0v) is 17.0. The maximum atomic E-state index is 11.9. The van der Waals surface area contributed by atoms with Gasteiger partial charge >= 0.3 is 0 Å². The van der Waals surface area contributed by atoms with Crippen LogP contribution >= 0.6 is 12.4 Å². The van der Waals surface area contributed by atoms with Gasteiger partial charge in [0.25, 0.3) is 0 Å². The van der Waals surface area contributed by atoms with Gasteiger partial charge in [0.15, 0.2) is 0 Å². The summed E-state index contributed by atoms with van der Waals surface area (Å²) in [5.41, 5.74) is 7.32. The summed E-state index contributed by atoms with van der Waals surface area (Å²) in [7, 11) is -3.36. The topological polar surface area (TPSA) is 130 Å². The molecule has 5 N–H and O–H groups in total. The molecule has 0 heterocycles. The van der Waals surface area contributed by atoms with Crippen molar-refractivity contribution >= 4 is 45.6 Å². The number of benzene rings is 1. The number of carbonyl (C=O) groups is 2. The van der Waals surface area contributed by atoms with E-state index in [0.29, 0.717) is 16.9 Å². The van der Waals surface area contributed by atoms with Crippen molar-refractivity contribution in [1.82, 2.24) is 5.32 Å². The van der Waals surface area contributed by atoms with E-state index in [0.717, 1.165) is 0 Å². The summed E-state index contributed by atoms with van der Waals surface area (Å²) in [5.74, 6) is -0.829. The molecule has 0 spiro atoms. The molecule has 2 amide bonds. The van der Waals surface area contributed by atoms with Crippen molar-refractivity contribution in [1.29, 1.82) is 0 Å². The molecular weight excluding hydrogens is 380 g/mol. The fourth-order valence-electron chi connectivity index (χ4n) is 1.89. The van der Waals surface area contributed by atoms with Crippen LogP contribution in [0.2, 0.25) is 0 Å². The van der Waals surface area contributed by atoms with Crippen LogP contribution in [0.15, 0.2) is 18.2 Å². The van der Waals surface area contributed by atoms with E-state index in [1.807, 2.05) is 13.8 Å². The van der Waals surface area contributed by atoms with Gasteiger partial charge in [0, 0.05) is 5.69 Å². The van der Waals surface area contributed by atoms with Gasteiger partial charge in [-0.3, -0.25) is 14.3 Å². The van der Waals surface area contributed by atoms with Gasteiger partial charge in [0.2, 0.25) is 21.8 Å². The van der Waals surface area contributed by atoms with Crippen molar-refractivity contribution in [2.75, 3.05) is 22.3 Å². The lowest BCUT2D eigenvalue weighted by atomic mass is 10.1. The molecule has 0 unspecified atom stereocenters. The number of hydrogen-bond donors (Lipinski definition) is 4. The monoisotopic (exact) mass is 406 g/mol. The SMILES string of the molecule is CCS(=O)(=O)Nc1ccc(NC(=O)CNC(=O)[C@@H](N)C(C)C)cc1C.Cl.